The minimum absolute atomic E-state index is 0.163. The Morgan fingerprint density at radius 2 is 2.08 bits per heavy atom. The van der Waals surface area contributed by atoms with E-state index >= 15 is 0 Å². The van der Waals surface area contributed by atoms with Gasteiger partial charge in [0.2, 0.25) is 0 Å². The molecule has 1 aliphatic heterocycles. The van der Waals surface area contributed by atoms with Gasteiger partial charge in [-0.05, 0) is 76.6 Å². The first-order chi connectivity index (χ1) is 11.9. The molecule has 1 aromatic carbocycles. The third kappa shape index (κ3) is 3.73. The van der Waals surface area contributed by atoms with E-state index in [2.05, 4.69) is 18.8 Å². The van der Waals surface area contributed by atoms with Gasteiger partial charge < -0.3 is 14.6 Å². The summed E-state index contributed by atoms with van der Waals surface area (Å²) in [7, 11) is 0. The first-order valence-electron chi connectivity index (χ1n) is 8.95. The third-order valence-electron chi connectivity index (χ3n) is 4.99. The molecule has 134 valence electrons. The summed E-state index contributed by atoms with van der Waals surface area (Å²) in [6.07, 6.45) is 7.04. The van der Waals surface area contributed by atoms with Gasteiger partial charge in [0.1, 0.15) is 22.8 Å². The van der Waals surface area contributed by atoms with Crippen LogP contribution in [0.2, 0.25) is 0 Å². The summed E-state index contributed by atoms with van der Waals surface area (Å²) < 4.78 is 12.1. The number of pyridine rings is 1. The second kappa shape index (κ2) is 6.95. The van der Waals surface area contributed by atoms with E-state index in [1.165, 1.54) is 0 Å². The number of hydrogen-bond acceptors (Lipinski definition) is 4. The number of ether oxygens (including phenoxy) is 2. The van der Waals surface area contributed by atoms with E-state index in [1.54, 1.807) is 12.4 Å². The molecule has 4 heteroatoms. The monoisotopic (exact) mass is 341 g/mol. The smallest absolute Gasteiger partial charge is 0.137 e. The highest BCUT2D eigenvalue weighted by molar-refractivity contribution is 5.59. The maximum absolute atomic E-state index is 10.5. The van der Waals surface area contributed by atoms with E-state index in [1.807, 2.05) is 26.0 Å². The molecule has 1 aromatic heterocycles. The molecule has 2 aromatic rings. The standard InChI is InChI=1S/C21H27NO3/c1-14-17(8-6-12-24-16-7-5-11-22-13-16)20-18(15(2)19(14)23)9-10-21(3,4)25-20/h5,7,11,13,23H,6,8-10,12H2,1-4H3. The Balaban J connectivity index is 1.77. The predicted octanol–water partition coefficient (Wildman–Crippen LogP) is 4.52. The van der Waals surface area contributed by atoms with Crippen LogP contribution in [-0.4, -0.2) is 22.3 Å². The van der Waals surface area contributed by atoms with Gasteiger partial charge in [-0.3, -0.25) is 4.98 Å². The van der Waals surface area contributed by atoms with Gasteiger partial charge in [-0.15, -0.1) is 0 Å². The highest BCUT2D eigenvalue weighted by Gasteiger charge is 2.31. The fraction of sp³-hybridized carbons (Fsp3) is 0.476. The molecule has 0 fully saturated rings. The van der Waals surface area contributed by atoms with Gasteiger partial charge in [0.25, 0.3) is 0 Å². The number of phenolic OH excluding ortho intramolecular Hbond substituents is 1. The van der Waals surface area contributed by atoms with E-state index in [9.17, 15) is 5.11 Å². The summed E-state index contributed by atoms with van der Waals surface area (Å²) in [5, 5.41) is 10.5. The number of hydrogen-bond donors (Lipinski definition) is 1. The maximum atomic E-state index is 10.5. The second-order valence-electron chi connectivity index (χ2n) is 7.39. The van der Waals surface area contributed by atoms with E-state index in [-0.39, 0.29) is 5.60 Å². The topological polar surface area (TPSA) is 51.6 Å². The van der Waals surface area contributed by atoms with E-state index in [4.69, 9.17) is 9.47 Å². The van der Waals surface area contributed by atoms with Crippen LogP contribution in [0.25, 0.3) is 0 Å². The molecular formula is C21H27NO3. The molecule has 0 radical (unpaired) electrons. The molecule has 1 aliphatic rings. The zero-order valence-corrected chi connectivity index (χ0v) is 15.6. The van der Waals surface area contributed by atoms with Gasteiger partial charge in [0.15, 0.2) is 0 Å². The van der Waals surface area contributed by atoms with E-state index < -0.39 is 0 Å². The highest BCUT2D eigenvalue weighted by atomic mass is 16.5. The Labute approximate surface area is 149 Å². The van der Waals surface area contributed by atoms with Gasteiger partial charge in [-0.2, -0.15) is 0 Å². The first kappa shape index (κ1) is 17.6. The van der Waals surface area contributed by atoms with Crippen LogP contribution in [-0.2, 0) is 12.8 Å². The van der Waals surface area contributed by atoms with Crippen molar-refractivity contribution in [2.45, 2.75) is 59.0 Å². The number of fused-ring (bicyclic) bond motifs is 1. The highest BCUT2D eigenvalue weighted by Crippen LogP contribution is 2.43. The van der Waals surface area contributed by atoms with Gasteiger partial charge in [0.05, 0.1) is 12.8 Å². The maximum Gasteiger partial charge on any atom is 0.137 e. The van der Waals surface area contributed by atoms with Gasteiger partial charge >= 0.3 is 0 Å². The SMILES string of the molecule is Cc1c(O)c(C)c2c(c1CCCOc1cccnc1)OC(C)(C)CC2. The lowest BCUT2D eigenvalue weighted by atomic mass is 9.86. The van der Waals surface area contributed by atoms with Gasteiger partial charge in [0, 0.05) is 17.3 Å². The molecule has 0 saturated heterocycles. The van der Waals surface area contributed by atoms with Crippen LogP contribution in [0.5, 0.6) is 17.2 Å². The normalized spacial score (nSPS) is 15.4. The van der Waals surface area contributed by atoms with Crippen LogP contribution < -0.4 is 9.47 Å². The van der Waals surface area contributed by atoms with Crippen molar-refractivity contribution in [3.8, 4) is 17.2 Å². The Hall–Kier alpha value is -2.23. The molecule has 25 heavy (non-hydrogen) atoms. The fourth-order valence-corrected chi connectivity index (χ4v) is 3.44. The van der Waals surface area contributed by atoms with Gasteiger partial charge in [-0.1, -0.05) is 0 Å². The second-order valence-corrected chi connectivity index (χ2v) is 7.39. The Bertz CT molecular complexity index is 754. The molecule has 4 nitrogen and oxygen atoms in total. The number of aromatic nitrogens is 1. The zero-order chi connectivity index (χ0) is 18.0. The van der Waals surface area contributed by atoms with Crippen molar-refractivity contribution in [1.29, 1.82) is 0 Å². The van der Waals surface area contributed by atoms with Crippen LogP contribution in [0.3, 0.4) is 0 Å². The van der Waals surface area contributed by atoms with Crippen molar-refractivity contribution in [3.63, 3.8) is 0 Å². The predicted molar refractivity (Wildman–Crippen MR) is 98.7 cm³/mol. The van der Waals surface area contributed by atoms with E-state index in [0.29, 0.717) is 12.4 Å². The number of phenols is 1. The Morgan fingerprint density at radius 1 is 1.28 bits per heavy atom. The average Bonchev–Trinajstić information content (AvgIpc) is 2.59. The lowest BCUT2D eigenvalue weighted by molar-refractivity contribution is 0.0826. The number of aromatic hydroxyl groups is 1. The van der Waals surface area contributed by atoms with Crippen LogP contribution in [0.1, 0.15) is 48.9 Å². The molecule has 0 amide bonds. The quantitative estimate of drug-likeness (QED) is 0.813. The minimum Gasteiger partial charge on any atom is -0.507 e. The number of rotatable bonds is 5. The fourth-order valence-electron chi connectivity index (χ4n) is 3.44. The molecule has 0 spiro atoms. The Kier molecular flexibility index (Phi) is 4.89. The van der Waals surface area contributed by atoms with Crippen molar-refractivity contribution in [2.75, 3.05) is 6.61 Å². The van der Waals surface area contributed by atoms with Crippen molar-refractivity contribution in [2.24, 2.45) is 0 Å². The lowest BCUT2D eigenvalue weighted by Crippen LogP contribution is -2.33. The molecule has 0 saturated carbocycles. The van der Waals surface area contributed by atoms with Crippen LogP contribution in [0, 0.1) is 13.8 Å². The van der Waals surface area contributed by atoms with Crippen molar-refractivity contribution >= 4 is 0 Å². The largest absolute Gasteiger partial charge is 0.507 e. The summed E-state index contributed by atoms with van der Waals surface area (Å²) in [5.74, 6) is 2.17. The molecule has 0 atom stereocenters. The molecule has 0 bridgehead atoms. The van der Waals surface area contributed by atoms with Crippen molar-refractivity contribution < 1.29 is 14.6 Å². The summed E-state index contributed by atoms with van der Waals surface area (Å²) >= 11 is 0. The summed E-state index contributed by atoms with van der Waals surface area (Å²) in [6, 6.07) is 3.77. The average molecular weight is 341 g/mol. The van der Waals surface area contributed by atoms with Crippen LogP contribution >= 0.6 is 0 Å². The molecule has 1 N–H and O–H groups in total. The summed E-state index contributed by atoms with van der Waals surface area (Å²) in [5.41, 5.74) is 3.99. The summed E-state index contributed by atoms with van der Waals surface area (Å²) in [6.45, 7) is 8.83. The number of nitrogens with zero attached hydrogens (tertiary/aromatic N) is 1. The first-order valence-corrected chi connectivity index (χ1v) is 8.95. The van der Waals surface area contributed by atoms with Crippen LogP contribution in [0.4, 0.5) is 0 Å². The van der Waals surface area contributed by atoms with Gasteiger partial charge in [-0.25, -0.2) is 0 Å². The molecule has 3 rings (SSSR count). The zero-order valence-electron chi connectivity index (χ0n) is 15.6. The van der Waals surface area contributed by atoms with Crippen LogP contribution in [0.15, 0.2) is 24.5 Å². The molecular weight excluding hydrogens is 314 g/mol. The molecule has 0 aliphatic carbocycles. The number of benzene rings is 1. The molecule has 0 unspecified atom stereocenters. The summed E-state index contributed by atoms with van der Waals surface area (Å²) in [4.78, 5) is 4.05. The Morgan fingerprint density at radius 3 is 2.80 bits per heavy atom. The lowest BCUT2D eigenvalue weighted by Gasteiger charge is -2.35. The minimum atomic E-state index is -0.163. The third-order valence-corrected chi connectivity index (χ3v) is 4.99. The van der Waals surface area contributed by atoms with Crippen molar-refractivity contribution in [1.82, 2.24) is 4.98 Å². The molecule has 2 heterocycles. The van der Waals surface area contributed by atoms with Crippen molar-refractivity contribution in [3.05, 3.63) is 46.8 Å². The van der Waals surface area contributed by atoms with E-state index in [0.717, 1.165) is 59.4 Å².